The quantitative estimate of drug-likeness (QED) is 0.611. The second-order valence-corrected chi connectivity index (χ2v) is 3.53. The molecule has 1 saturated carbocycles. The third-order valence-electron chi connectivity index (χ3n) is 2.31. The first-order valence-corrected chi connectivity index (χ1v) is 4.65. The van der Waals surface area contributed by atoms with Gasteiger partial charge < -0.3 is 5.32 Å². The Morgan fingerprint density at radius 1 is 1.64 bits per heavy atom. The van der Waals surface area contributed by atoms with Crippen LogP contribution in [0.4, 0.5) is 0 Å². The van der Waals surface area contributed by atoms with Crippen molar-refractivity contribution in [2.75, 3.05) is 6.54 Å². The first kappa shape index (κ1) is 8.79. The lowest BCUT2D eigenvalue weighted by Gasteiger charge is -2.12. The fourth-order valence-corrected chi connectivity index (χ4v) is 1.25. The molecule has 1 fully saturated rings. The van der Waals surface area contributed by atoms with Gasteiger partial charge in [-0.3, -0.25) is 0 Å². The van der Waals surface area contributed by atoms with Crippen molar-refractivity contribution in [1.82, 2.24) is 5.32 Å². The van der Waals surface area contributed by atoms with E-state index in [1.54, 1.807) is 0 Å². The number of hydrogen-bond acceptors (Lipinski definition) is 1. The van der Waals surface area contributed by atoms with E-state index < -0.39 is 0 Å². The van der Waals surface area contributed by atoms with Crippen molar-refractivity contribution >= 4 is 0 Å². The van der Waals surface area contributed by atoms with E-state index in [4.69, 9.17) is 0 Å². The van der Waals surface area contributed by atoms with Gasteiger partial charge in [-0.05, 0) is 39.2 Å². The summed E-state index contributed by atoms with van der Waals surface area (Å²) in [7, 11) is 0. The summed E-state index contributed by atoms with van der Waals surface area (Å²) in [6.45, 7) is 7.68. The molecule has 0 aromatic heterocycles. The fraction of sp³-hybridized carbons (Fsp3) is 0.800. The molecule has 0 aliphatic heterocycles. The topological polar surface area (TPSA) is 12.0 Å². The maximum absolute atomic E-state index is 3.41. The second-order valence-electron chi connectivity index (χ2n) is 3.53. The average Bonchev–Trinajstić information content (AvgIpc) is 2.72. The van der Waals surface area contributed by atoms with E-state index in [2.05, 4.69) is 32.2 Å². The van der Waals surface area contributed by atoms with Crippen LogP contribution in [0.15, 0.2) is 11.6 Å². The molecule has 0 aromatic carbocycles. The van der Waals surface area contributed by atoms with Gasteiger partial charge in [0.1, 0.15) is 0 Å². The summed E-state index contributed by atoms with van der Waals surface area (Å²) >= 11 is 0. The minimum atomic E-state index is 0.570. The second kappa shape index (κ2) is 3.91. The molecule has 1 rings (SSSR count). The van der Waals surface area contributed by atoms with Crippen molar-refractivity contribution < 1.29 is 0 Å². The Balaban J connectivity index is 2.31. The number of likely N-dealkylation sites (N-methyl/N-ethyl adjacent to an activating group) is 1. The van der Waals surface area contributed by atoms with Crippen molar-refractivity contribution in [2.24, 2.45) is 5.92 Å². The summed E-state index contributed by atoms with van der Waals surface area (Å²) in [5.41, 5.74) is 1.51. The van der Waals surface area contributed by atoms with Crippen LogP contribution in [0.2, 0.25) is 0 Å². The number of hydrogen-bond donors (Lipinski definition) is 1. The molecule has 1 nitrogen and oxygen atoms in total. The Kier molecular flexibility index (Phi) is 3.13. The zero-order valence-corrected chi connectivity index (χ0v) is 7.85. The zero-order chi connectivity index (χ0) is 8.27. The van der Waals surface area contributed by atoms with Crippen LogP contribution in [-0.4, -0.2) is 12.6 Å². The van der Waals surface area contributed by atoms with Crippen LogP contribution in [0.3, 0.4) is 0 Å². The van der Waals surface area contributed by atoms with Crippen molar-refractivity contribution in [2.45, 2.75) is 39.7 Å². The van der Waals surface area contributed by atoms with Crippen LogP contribution in [0.1, 0.15) is 33.6 Å². The Morgan fingerprint density at radius 3 is 2.73 bits per heavy atom. The van der Waals surface area contributed by atoms with Crippen LogP contribution >= 0.6 is 0 Å². The molecule has 1 N–H and O–H groups in total. The van der Waals surface area contributed by atoms with E-state index in [0.29, 0.717) is 6.04 Å². The molecule has 0 aromatic rings. The van der Waals surface area contributed by atoms with Crippen molar-refractivity contribution in [3.63, 3.8) is 0 Å². The standard InChI is InChI=1S/C10H19N/c1-4-11-9(3)8(2)7-10-5-6-10/h7,9-11H,4-6H2,1-3H3/b8-7+. The lowest BCUT2D eigenvalue weighted by molar-refractivity contribution is 0.630. The van der Waals surface area contributed by atoms with Gasteiger partial charge in [0.15, 0.2) is 0 Å². The molecule has 0 amide bonds. The highest BCUT2D eigenvalue weighted by molar-refractivity contribution is 5.11. The molecule has 0 radical (unpaired) electrons. The molecule has 1 aliphatic carbocycles. The Labute approximate surface area is 69.9 Å². The number of nitrogens with one attached hydrogen (secondary N) is 1. The molecule has 11 heavy (non-hydrogen) atoms. The van der Waals surface area contributed by atoms with Gasteiger partial charge in [-0.15, -0.1) is 0 Å². The van der Waals surface area contributed by atoms with E-state index in [0.717, 1.165) is 12.5 Å². The van der Waals surface area contributed by atoms with Gasteiger partial charge in [-0.1, -0.05) is 18.6 Å². The third-order valence-corrected chi connectivity index (χ3v) is 2.31. The smallest absolute Gasteiger partial charge is 0.0248 e. The Bertz CT molecular complexity index is 145. The molecule has 1 heteroatoms. The normalized spacial score (nSPS) is 21.9. The molecule has 1 unspecified atom stereocenters. The summed E-state index contributed by atoms with van der Waals surface area (Å²) in [6, 6.07) is 0.570. The van der Waals surface area contributed by atoms with Crippen molar-refractivity contribution in [3.05, 3.63) is 11.6 Å². The SMILES string of the molecule is CCNC(C)/C(C)=C/C1CC1. The van der Waals surface area contributed by atoms with Crippen LogP contribution in [-0.2, 0) is 0 Å². The lowest BCUT2D eigenvalue weighted by Crippen LogP contribution is -2.26. The van der Waals surface area contributed by atoms with E-state index in [1.165, 1.54) is 18.4 Å². The van der Waals surface area contributed by atoms with Crippen LogP contribution in [0.25, 0.3) is 0 Å². The van der Waals surface area contributed by atoms with Gasteiger partial charge >= 0.3 is 0 Å². The molecule has 64 valence electrons. The lowest BCUT2D eigenvalue weighted by atomic mass is 10.1. The molecular weight excluding hydrogens is 134 g/mol. The third kappa shape index (κ3) is 3.06. The minimum absolute atomic E-state index is 0.570. The molecule has 0 spiro atoms. The number of rotatable bonds is 4. The fourth-order valence-electron chi connectivity index (χ4n) is 1.25. The Morgan fingerprint density at radius 2 is 2.27 bits per heavy atom. The van der Waals surface area contributed by atoms with Crippen molar-refractivity contribution in [1.29, 1.82) is 0 Å². The molecule has 0 saturated heterocycles. The Hall–Kier alpha value is -0.300. The van der Waals surface area contributed by atoms with Gasteiger partial charge in [0.05, 0.1) is 0 Å². The summed E-state index contributed by atoms with van der Waals surface area (Å²) in [4.78, 5) is 0. The number of allylic oxidation sites excluding steroid dienone is 1. The zero-order valence-electron chi connectivity index (χ0n) is 7.85. The minimum Gasteiger partial charge on any atom is -0.311 e. The molecule has 1 atom stereocenters. The van der Waals surface area contributed by atoms with E-state index in [1.807, 2.05) is 0 Å². The largest absolute Gasteiger partial charge is 0.311 e. The average molecular weight is 153 g/mol. The summed E-state index contributed by atoms with van der Waals surface area (Å²) < 4.78 is 0. The highest BCUT2D eigenvalue weighted by Gasteiger charge is 2.19. The maximum Gasteiger partial charge on any atom is 0.0248 e. The van der Waals surface area contributed by atoms with E-state index in [9.17, 15) is 0 Å². The molecule has 1 aliphatic rings. The predicted octanol–water partition coefficient (Wildman–Crippen LogP) is 2.34. The van der Waals surface area contributed by atoms with E-state index in [-0.39, 0.29) is 0 Å². The highest BCUT2D eigenvalue weighted by Crippen LogP contribution is 2.31. The van der Waals surface area contributed by atoms with Gasteiger partial charge in [-0.25, -0.2) is 0 Å². The van der Waals surface area contributed by atoms with Gasteiger partial charge in [0.25, 0.3) is 0 Å². The van der Waals surface area contributed by atoms with Crippen LogP contribution < -0.4 is 5.32 Å². The first-order chi connectivity index (χ1) is 5.24. The van der Waals surface area contributed by atoms with Gasteiger partial charge in [0.2, 0.25) is 0 Å². The monoisotopic (exact) mass is 153 g/mol. The predicted molar refractivity (Wildman–Crippen MR) is 49.6 cm³/mol. The molecular formula is C10H19N. The van der Waals surface area contributed by atoms with E-state index >= 15 is 0 Å². The molecule has 0 heterocycles. The molecule has 0 bridgehead atoms. The van der Waals surface area contributed by atoms with Gasteiger partial charge in [-0.2, -0.15) is 0 Å². The van der Waals surface area contributed by atoms with Gasteiger partial charge in [0, 0.05) is 6.04 Å². The summed E-state index contributed by atoms with van der Waals surface area (Å²) in [6.07, 6.45) is 5.25. The van der Waals surface area contributed by atoms with Crippen LogP contribution in [0.5, 0.6) is 0 Å². The highest BCUT2D eigenvalue weighted by atomic mass is 14.9. The maximum atomic E-state index is 3.41. The first-order valence-electron chi connectivity index (χ1n) is 4.65. The van der Waals surface area contributed by atoms with Crippen molar-refractivity contribution in [3.8, 4) is 0 Å². The van der Waals surface area contributed by atoms with Crippen LogP contribution in [0, 0.1) is 5.92 Å². The summed E-state index contributed by atoms with van der Waals surface area (Å²) in [5, 5.41) is 3.41. The summed E-state index contributed by atoms with van der Waals surface area (Å²) in [5.74, 6) is 0.913.